The largest absolute Gasteiger partial charge is 0.341 e. The first-order valence-electron chi connectivity index (χ1n) is 7.68. The van der Waals surface area contributed by atoms with Gasteiger partial charge in [-0.3, -0.25) is 9.78 Å². The van der Waals surface area contributed by atoms with Crippen LogP contribution in [0.3, 0.4) is 0 Å². The van der Waals surface area contributed by atoms with Gasteiger partial charge in [0.2, 0.25) is 5.91 Å². The van der Waals surface area contributed by atoms with Crippen LogP contribution in [-0.4, -0.2) is 34.6 Å². The van der Waals surface area contributed by atoms with E-state index in [0.717, 1.165) is 24.4 Å². The number of rotatable bonds is 4. The predicted octanol–water partition coefficient (Wildman–Crippen LogP) is 3.58. The zero-order chi connectivity index (χ0) is 15.2. The van der Waals surface area contributed by atoms with Gasteiger partial charge in [0, 0.05) is 36.3 Å². The zero-order valence-electron chi connectivity index (χ0n) is 12.5. The minimum atomic E-state index is 0.238. The van der Waals surface area contributed by atoms with Crippen molar-refractivity contribution in [2.75, 3.05) is 18.8 Å². The average molecular weight is 312 g/mol. The lowest BCUT2D eigenvalue weighted by molar-refractivity contribution is -0.129. The number of hydrogen-bond donors (Lipinski definition) is 0. The van der Waals surface area contributed by atoms with Gasteiger partial charge in [0.15, 0.2) is 0 Å². The van der Waals surface area contributed by atoms with Gasteiger partial charge in [0.1, 0.15) is 0 Å². The van der Waals surface area contributed by atoms with Crippen LogP contribution in [0, 0.1) is 0 Å². The Morgan fingerprint density at radius 2 is 1.95 bits per heavy atom. The summed E-state index contributed by atoms with van der Waals surface area (Å²) in [6.07, 6.45) is 5.79. The molecule has 4 heteroatoms. The van der Waals surface area contributed by atoms with Crippen molar-refractivity contribution in [3.63, 3.8) is 0 Å². The first kappa shape index (κ1) is 15.1. The van der Waals surface area contributed by atoms with E-state index in [1.807, 2.05) is 23.1 Å². The van der Waals surface area contributed by atoms with Crippen LogP contribution in [0.2, 0.25) is 0 Å². The standard InChI is InChI=1S/C18H20N2OS/c21-18(14-22-17-8-10-19-11-9-17)20-12-4-7-16(13-20)15-5-2-1-3-6-15/h1-3,5-6,8-11,16H,4,7,12-14H2/t16-/m1/s1. The third-order valence-corrected chi connectivity index (χ3v) is 5.05. The quantitative estimate of drug-likeness (QED) is 0.809. The molecular weight excluding hydrogens is 292 g/mol. The Morgan fingerprint density at radius 1 is 1.18 bits per heavy atom. The number of likely N-dealkylation sites (tertiary alicyclic amines) is 1. The van der Waals surface area contributed by atoms with Crippen LogP contribution in [0.4, 0.5) is 0 Å². The number of carbonyl (C=O) groups is 1. The molecule has 3 nitrogen and oxygen atoms in total. The third kappa shape index (κ3) is 3.89. The summed E-state index contributed by atoms with van der Waals surface area (Å²) in [6, 6.07) is 14.4. The zero-order valence-corrected chi connectivity index (χ0v) is 13.3. The van der Waals surface area contributed by atoms with E-state index in [2.05, 4.69) is 29.2 Å². The molecule has 1 amide bonds. The maximum Gasteiger partial charge on any atom is 0.232 e. The molecule has 2 heterocycles. The van der Waals surface area contributed by atoms with Gasteiger partial charge in [-0.25, -0.2) is 0 Å². The van der Waals surface area contributed by atoms with E-state index < -0.39 is 0 Å². The molecule has 3 rings (SSSR count). The third-order valence-electron chi connectivity index (χ3n) is 4.06. The number of benzene rings is 1. The molecule has 1 atom stereocenters. The summed E-state index contributed by atoms with van der Waals surface area (Å²) in [5.41, 5.74) is 1.35. The normalized spacial score (nSPS) is 18.2. The van der Waals surface area contributed by atoms with Crippen molar-refractivity contribution >= 4 is 17.7 Å². The average Bonchev–Trinajstić information content (AvgIpc) is 2.61. The fourth-order valence-corrected chi connectivity index (χ4v) is 3.66. The fraction of sp³-hybridized carbons (Fsp3) is 0.333. The molecule has 1 aromatic carbocycles. The first-order chi connectivity index (χ1) is 10.8. The minimum absolute atomic E-state index is 0.238. The molecule has 0 radical (unpaired) electrons. The van der Waals surface area contributed by atoms with Gasteiger partial charge < -0.3 is 4.90 Å². The van der Waals surface area contributed by atoms with Crippen molar-refractivity contribution in [1.29, 1.82) is 0 Å². The van der Waals surface area contributed by atoms with Gasteiger partial charge in [-0.1, -0.05) is 30.3 Å². The van der Waals surface area contributed by atoms with E-state index >= 15 is 0 Å². The molecule has 1 aliphatic heterocycles. The van der Waals surface area contributed by atoms with Crippen LogP contribution in [-0.2, 0) is 4.79 Å². The van der Waals surface area contributed by atoms with Crippen molar-refractivity contribution in [2.45, 2.75) is 23.7 Å². The lowest BCUT2D eigenvalue weighted by atomic mass is 9.91. The summed E-state index contributed by atoms with van der Waals surface area (Å²) < 4.78 is 0. The molecule has 2 aromatic rings. The SMILES string of the molecule is O=C(CSc1ccncc1)N1CCC[C@@H](c2ccccc2)C1. The highest BCUT2D eigenvalue weighted by molar-refractivity contribution is 8.00. The Balaban J connectivity index is 1.56. The summed E-state index contributed by atoms with van der Waals surface area (Å²) in [4.78, 5) is 19.6. The topological polar surface area (TPSA) is 33.2 Å². The van der Waals surface area contributed by atoms with Crippen molar-refractivity contribution < 1.29 is 4.79 Å². The van der Waals surface area contributed by atoms with Crippen molar-refractivity contribution in [3.8, 4) is 0 Å². The number of thioether (sulfide) groups is 1. The molecule has 1 fully saturated rings. The van der Waals surface area contributed by atoms with Crippen molar-refractivity contribution in [1.82, 2.24) is 9.88 Å². The summed E-state index contributed by atoms with van der Waals surface area (Å²) >= 11 is 1.59. The highest BCUT2D eigenvalue weighted by Crippen LogP contribution is 2.27. The molecule has 22 heavy (non-hydrogen) atoms. The molecule has 114 valence electrons. The second-order valence-electron chi connectivity index (χ2n) is 5.56. The van der Waals surface area contributed by atoms with E-state index in [0.29, 0.717) is 11.7 Å². The molecule has 1 aromatic heterocycles. The first-order valence-corrected chi connectivity index (χ1v) is 8.67. The van der Waals surface area contributed by atoms with Crippen LogP contribution >= 0.6 is 11.8 Å². The van der Waals surface area contributed by atoms with Gasteiger partial charge in [-0.2, -0.15) is 0 Å². The minimum Gasteiger partial charge on any atom is -0.341 e. The van der Waals surface area contributed by atoms with E-state index in [9.17, 15) is 4.79 Å². The molecule has 0 spiro atoms. The van der Waals surface area contributed by atoms with Crippen LogP contribution < -0.4 is 0 Å². The van der Waals surface area contributed by atoms with Gasteiger partial charge in [-0.15, -0.1) is 11.8 Å². The Morgan fingerprint density at radius 3 is 2.73 bits per heavy atom. The number of hydrogen-bond acceptors (Lipinski definition) is 3. The Labute approximate surface area is 135 Å². The van der Waals surface area contributed by atoms with E-state index in [1.165, 1.54) is 12.0 Å². The summed E-state index contributed by atoms with van der Waals surface area (Å²) in [5.74, 6) is 1.22. The van der Waals surface area contributed by atoms with Crippen molar-refractivity contribution in [2.24, 2.45) is 0 Å². The summed E-state index contributed by atoms with van der Waals surface area (Å²) in [7, 11) is 0. The Bertz CT molecular complexity index is 603. The molecular formula is C18H20N2OS. The lowest BCUT2D eigenvalue weighted by Gasteiger charge is -2.33. The molecule has 1 saturated heterocycles. The number of carbonyl (C=O) groups excluding carboxylic acids is 1. The van der Waals surface area contributed by atoms with Crippen LogP contribution in [0.15, 0.2) is 59.8 Å². The smallest absolute Gasteiger partial charge is 0.232 e. The summed E-state index contributed by atoms with van der Waals surface area (Å²) in [6.45, 7) is 1.73. The fourth-order valence-electron chi connectivity index (χ4n) is 2.87. The van der Waals surface area contributed by atoms with Crippen molar-refractivity contribution in [3.05, 3.63) is 60.4 Å². The highest BCUT2D eigenvalue weighted by atomic mass is 32.2. The van der Waals surface area contributed by atoms with Gasteiger partial charge >= 0.3 is 0 Å². The molecule has 0 N–H and O–H groups in total. The molecule has 1 aliphatic rings. The number of aromatic nitrogens is 1. The highest BCUT2D eigenvalue weighted by Gasteiger charge is 2.24. The maximum absolute atomic E-state index is 12.4. The molecule has 0 saturated carbocycles. The number of piperidine rings is 1. The Hall–Kier alpha value is -1.81. The van der Waals surface area contributed by atoms with Gasteiger partial charge in [-0.05, 0) is 30.5 Å². The van der Waals surface area contributed by atoms with E-state index in [1.54, 1.807) is 24.2 Å². The van der Waals surface area contributed by atoms with Gasteiger partial charge in [0.05, 0.1) is 5.75 Å². The molecule has 0 unspecified atom stereocenters. The number of amides is 1. The van der Waals surface area contributed by atoms with Crippen LogP contribution in [0.25, 0.3) is 0 Å². The molecule has 0 aliphatic carbocycles. The van der Waals surface area contributed by atoms with Gasteiger partial charge in [0.25, 0.3) is 0 Å². The second kappa shape index (κ2) is 7.45. The number of nitrogens with zero attached hydrogens (tertiary/aromatic N) is 2. The van der Waals surface area contributed by atoms with E-state index in [-0.39, 0.29) is 5.91 Å². The summed E-state index contributed by atoms with van der Waals surface area (Å²) in [5, 5.41) is 0. The van der Waals surface area contributed by atoms with Crippen LogP contribution in [0.1, 0.15) is 24.3 Å². The second-order valence-corrected chi connectivity index (χ2v) is 6.61. The van der Waals surface area contributed by atoms with Crippen LogP contribution in [0.5, 0.6) is 0 Å². The monoisotopic (exact) mass is 312 g/mol. The number of pyridine rings is 1. The maximum atomic E-state index is 12.4. The van der Waals surface area contributed by atoms with E-state index in [4.69, 9.17) is 0 Å². The lowest BCUT2D eigenvalue weighted by Crippen LogP contribution is -2.40. The predicted molar refractivity (Wildman–Crippen MR) is 90.0 cm³/mol. The molecule has 0 bridgehead atoms. The Kier molecular flexibility index (Phi) is 5.11.